The van der Waals surface area contributed by atoms with Crippen molar-refractivity contribution in [3.8, 4) is 0 Å². The summed E-state index contributed by atoms with van der Waals surface area (Å²) in [6.45, 7) is 14.4. The van der Waals surface area contributed by atoms with E-state index in [0.29, 0.717) is 5.92 Å². The Hall–Kier alpha value is -0.260. The van der Waals surface area contributed by atoms with Gasteiger partial charge < -0.3 is 10.2 Å². The maximum Gasteiger partial charge on any atom is 0.185 e. The lowest BCUT2D eigenvalue weighted by atomic mass is 10.1. The van der Waals surface area contributed by atoms with Crippen molar-refractivity contribution >= 4 is 28.2 Å². The first-order valence-electron chi connectivity index (χ1n) is 7.94. The average Bonchev–Trinajstić information content (AvgIpc) is 2.63. The van der Waals surface area contributed by atoms with Crippen molar-refractivity contribution in [3.05, 3.63) is 10.6 Å². The molecule has 1 aromatic rings. The first-order valence-corrected chi connectivity index (χ1v) is 9.91. The van der Waals surface area contributed by atoms with Gasteiger partial charge in [-0.2, -0.15) is 11.8 Å². The van der Waals surface area contributed by atoms with Gasteiger partial charge in [-0.1, -0.05) is 13.8 Å². The van der Waals surface area contributed by atoms with Gasteiger partial charge in [0, 0.05) is 35.8 Å². The smallest absolute Gasteiger partial charge is 0.185 e. The Morgan fingerprint density at radius 3 is 2.67 bits per heavy atom. The minimum atomic E-state index is 0.150. The number of anilines is 1. The maximum absolute atomic E-state index is 4.97. The molecule has 0 radical (unpaired) electrons. The fraction of sp³-hybridized carbons (Fsp3) is 0.812. The monoisotopic (exact) mass is 327 g/mol. The van der Waals surface area contributed by atoms with E-state index in [4.69, 9.17) is 4.98 Å². The standard InChI is InChI=1S/C16H29N3S2/c1-12(2)14-13(11-17-16(3,4)5)21-15(18-14)19-7-6-9-20-10-8-19/h12,17H,6-11H2,1-5H3. The van der Waals surface area contributed by atoms with Crippen LogP contribution in [-0.2, 0) is 6.54 Å². The quantitative estimate of drug-likeness (QED) is 0.901. The number of aromatic nitrogens is 1. The number of nitrogens with zero attached hydrogens (tertiary/aromatic N) is 2. The SMILES string of the molecule is CC(C)c1nc(N2CCCSCC2)sc1CNC(C)(C)C. The molecule has 5 heteroatoms. The van der Waals surface area contributed by atoms with Crippen LogP contribution in [0.2, 0.25) is 0 Å². The molecule has 1 N–H and O–H groups in total. The van der Waals surface area contributed by atoms with Crippen LogP contribution in [0.25, 0.3) is 0 Å². The summed E-state index contributed by atoms with van der Waals surface area (Å²) in [6, 6.07) is 0. The van der Waals surface area contributed by atoms with E-state index in [0.717, 1.165) is 19.6 Å². The molecule has 0 amide bonds. The van der Waals surface area contributed by atoms with Crippen molar-refractivity contribution in [1.29, 1.82) is 0 Å². The fourth-order valence-electron chi connectivity index (χ4n) is 2.35. The molecule has 2 rings (SSSR count). The minimum absolute atomic E-state index is 0.150. The van der Waals surface area contributed by atoms with E-state index in [9.17, 15) is 0 Å². The van der Waals surface area contributed by atoms with Crippen LogP contribution in [0.3, 0.4) is 0 Å². The van der Waals surface area contributed by atoms with Crippen LogP contribution in [0, 0.1) is 0 Å². The van der Waals surface area contributed by atoms with Crippen molar-refractivity contribution in [1.82, 2.24) is 10.3 Å². The molecule has 21 heavy (non-hydrogen) atoms. The average molecular weight is 328 g/mol. The first-order chi connectivity index (χ1) is 9.87. The van der Waals surface area contributed by atoms with E-state index in [1.165, 1.54) is 33.6 Å². The predicted octanol–water partition coefficient (Wildman–Crippen LogP) is 4.10. The van der Waals surface area contributed by atoms with Gasteiger partial charge in [0.2, 0.25) is 0 Å². The van der Waals surface area contributed by atoms with Crippen LogP contribution in [-0.4, -0.2) is 35.1 Å². The highest BCUT2D eigenvalue weighted by Gasteiger charge is 2.20. The van der Waals surface area contributed by atoms with Gasteiger partial charge in [0.05, 0.1) is 5.69 Å². The molecule has 1 fully saturated rings. The zero-order chi connectivity index (χ0) is 15.5. The van der Waals surface area contributed by atoms with Gasteiger partial charge in [-0.25, -0.2) is 4.98 Å². The number of nitrogens with one attached hydrogen (secondary N) is 1. The highest BCUT2D eigenvalue weighted by molar-refractivity contribution is 7.99. The van der Waals surface area contributed by atoms with E-state index in [1.807, 2.05) is 11.3 Å². The van der Waals surface area contributed by atoms with Crippen LogP contribution in [0.4, 0.5) is 5.13 Å². The fourth-order valence-corrected chi connectivity index (χ4v) is 4.44. The molecule has 0 atom stereocenters. The van der Waals surface area contributed by atoms with Crippen LogP contribution in [0.15, 0.2) is 0 Å². The molecule has 2 heterocycles. The molecule has 0 unspecified atom stereocenters. The Balaban J connectivity index is 2.15. The van der Waals surface area contributed by atoms with Gasteiger partial charge in [-0.3, -0.25) is 0 Å². The molecular formula is C16H29N3S2. The second-order valence-electron chi connectivity index (χ2n) is 7.02. The highest BCUT2D eigenvalue weighted by Crippen LogP contribution is 2.32. The highest BCUT2D eigenvalue weighted by atomic mass is 32.2. The van der Waals surface area contributed by atoms with E-state index in [1.54, 1.807) is 0 Å². The zero-order valence-electron chi connectivity index (χ0n) is 14.0. The number of hydrogen-bond donors (Lipinski definition) is 1. The van der Waals surface area contributed by atoms with Crippen molar-refractivity contribution < 1.29 is 0 Å². The third kappa shape index (κ3) is 5.15. The lowest BCUT2D eigenvalue weighted by Gasteiger charge is -2.20. The second kappa shape index (κ2) is 7.34. The Kier molecular flexibility index (Phi) is 5.97. The normalized spacial score (nSPS) is 17.3. The Morgan fingerprint density at radius 2 is 2.00 bits per heavy atom. The molecular weight excluding hydrogens is 298 g/mol. The van der Waals surface area contributed by atoms with E-state index in [2.05, 4.69) is 56.6 Å². The summed E-state index contributed by atoms with van der Waals surface area (Å²) in [5.74, 6) is 3.01. The molecule has 0 spiro atoms. The molecule has 1 saturated heterocycles. The maximum atomic E-state index is 4.97. The van der Waals surface area contributed by atoms with E-state index in [-0.39, 0.29) is 5.54 Å². The van der Waals surface area contributed by atoms with Crippen LogP contribution in [0.1, 0.15) is 57.5 Å². The summed E-state index contributed by atoms with van der Waals surface area (Å²) in [5, 5.41) is 4.84. The number of thioether (sulfide) groups is 1. The molecule has 0 aliphatic carbocycles. The van der Waals surface area contributed by atoms with Gasteiger partial charge >= 0.3 is 0 Å². The summed E-state index contributed by atoms with van der Waals surface area (Å²) in [6.07, 6.45) is 1.27. The summed E-state index contributed by atoms with van der Waals surface area (Å²) >= 11 is 3.96. The lowest BCUT2D eigenvalue weighted by molar-refractivity contribution is 0.425. The van der Waals surface area contributed by atoms with E-state index < -0.39 is 0 Å². The molecule has 1 aliphatic heterocycles. The van der Waals surface area contributed by atoms with Crippen molar-refractivity contribution in [2.45, 2.75) is 59.0 Å². The summed E-state index contributed by atoms with van der Waals surface area (Å²) in [5.41, 5.74) is 1.43. The topological polar surface area (TPSA) is 28.2 Å². The van der Waals surface area contributed by atoms with Gasteiger partial charge in [0.25, 0.3) is 0 Å². The summed E-state index contributed by atoms with van der Waals surface area (Å²) in [7, 11) is 0. The zero-order valence-corrected chi connectivity index (χ0v) is 15.7. The largest absolute Gasteiger partial charge is 0.347 e. The lowest BCUT2D eigenvalue weighted by Crippen LogP contribution is -2.35. The molecule has 1 aromatic heterocycles. The van der Waals surface area contributed by atoms with Crippen molar-refractivity contribution in [3.63, 3.8) is 0 Å². The number of thiazole rings is 1. The van der Waals surface area contributed by atoms with Gasteiger partial charge in [0.1, 0.15) is 0 Å². The summed E-state index contributed by atoms with van der Waals surface area (Å²) < 4.78 is 0. The first kappa shape index (κ1) is 17.1. The number of rotatable bonds is 4. The van der Waals surface area contributed by atoms with Crippen LogP contribution >= 0.6 is 23.1 Å². The van der Waals surface area contributed by atoms with E-state index >= 15 is 0 Å². The third-order valence-electron chi connectivity index (χ3n) is 3.54. The minimum Gasteiger partial charge on any atom is -0.347 e. The number of hydrogen-bond acceptors (Lipinski definition) is 5. The van der Waals surface area contributed by atoms with Gasteiger partial charge in [0.15, 0.2) is 5.13 Å². The van der Waals surface area contributed by atoms with Crippen molar-refractivity contribution in [2.24, 2.45) is 0 Å². The van der Waals surface area contributed by atoms with Gasteiger partial charge in [-0.05, 0) is 38.9 Å². The second-order valence-corrected chi connectivity index (χ2v) is 9.30. The molecule has 0 saturated carbocycles. The van der Waals surface area contributed by atoms with Gasteiger partial charge in [-0.15, -0.1) is 11.3 Å². The predicted molar refractivity (Wildman–Crippen MR) is 97.0 cm³/mol. The third-order valence-corrected chi connectivity index (χ3v) is 5.72. The Labute approximate surface area is 137 Å². The Morgan fingerprint density at radius 1 is 1.24 bits per heavy atom. The van der Waals surface area contributed by atoms with Crippen LogP contribution < -0.4 is 10.2 Å². The molecule has 120 valence electrons. The molecule has 0 aromatic carbocycles. The Bertz CT molecular complexity index is 441. The molecule has 1 aliphatic rings. The van der Waals surface area contributed by atoms with Crippen LogP contribution in [0.5, 0.6) is 0 Å². The van der Waals surface area contributed by atoms with Crippen molar-refractivity contribution in [2.75, 3.05) is 29.5 Å². The summed E-state index contributed by atoms with van der Waals surface area (Å²) in [4.78, 5) is 8.86. The molecule has 0 bridgehead atoms. The molecule has 3 nitrogen and oxygen atoms in total.